The SMILES string of the molecule is CCCCN1C(=O)CCC(C(=O)NCC2=CCNCC2)C1c1ccccc1OC.Cl. The summed E-state index contributed by atoms with van der Waals surface area (Å²) in [5, 5.41) is 6.43. The van der Waals surface area contributed by atoms with E-state index in [2.05, 4.69) is 23.6 Å². The Labute approximate surface area is 185 Å². The van der Waals surface area contributed by atoms with E-state index >= 15 is 0 Å². The van der Waals surface area contributed by atoms with Crippen molar-refractivity contribution < 1.29 is 14.3 Å². The van der Waals surface area contributed by atoms with Gasteiger partial charge in [-0.1, -0.05) is 43.2 Å². The van der Waals surface area contributed by atoms with Gasteiger partial charge in [0.05, 0.1) is 19.1 Å². The minimum absolute atomic E-state index is 0. The Bertz CT molecular complexity index is 753. The molecule has 6 nitrogen and oxygen atoms in total. The van der Waals surface area contributed by atoms with Crippen LogP contribution in [0, 0.1) is 5.92 Å². The zero-order valence-electron chi connectivity index (χ0n) is 18.0. The van der Waals surface area contributed by atoms with Crippen molar-refractivity contribution in [3.05, 3.63) is 41.5 Å². The molecule has 1 fully saturated rings. The lowest BCUT2D eigenvalue weighted by atomic mass is 9.83. The summed E-state index contributed by atoms with van der Waals surface area (Å²) in [5.41, 5.74) is 2.18. The molecule has 1 aromatic carbocycles. The molecule has 0 saturated carbocycles. The fraction of sp³-hybridized carbons (Fsp3) is 0.565. The van der Waals surface area contributed by atoms with Crippen LogP contribution in [0.5, 0.6) is 5.75 Å². The maximum atomic E-state index is 13.2. The number of carbonyl (C=O) groups is 2. The number of piperidine rings is 1. The average Bonchev–Trinajstić information content (AvgIpc) is 2.77. The van der Waals surface area contributed by atoms with Gasteiger partial charge < -0.3 is 20.3 Å². The molecule has 7 heteroatoms. The average molecular weight is 436 g/mol. The Balaban J connectivity index is 0.00000320. The van der Waals surface area contributed by atoms with E-state index < -0.39 is 0 Å². The van der Waals surface area contributed by atoms with Crippen molar-refractivity contribution in [2.45, 2.75) is 45.1 Å². The highest BCUT2D eigenvalue weighted by atomic mass is 35.5. The third kappa shape index (κ3) is 5.76. The standard InChI is InChI=1S/C23H33N3O3.ClH/c1-3-4-15-26-21(27)10-9-19(22(26)18-7-5-6-8-20(18)29-2)23(28)25-16-17-11-13-24-14-12-17;/h5-8,11,19,22,24H,3-4,9-10,12-16H2,1-2H3,(H,25,28);1H. The molecule has 0 spiro atoms. The summed E-state index contributed by atoms with van der Waals surface area (Å²) in [6, 6.07) is 7.46. The Kier molecular flexibility index (Phi) is 9.66. The summed E-state index contributed by atoms with van der Waals surface area (Å²) in [5.74, 6) is 0.601. The Morgan fingerprint density at radius 1 is 1.30 bits per heavy atom. The van der Waals surface area contributed by atoms with Crippen LogP contribution in [0.1, 0.15) is 50.6 Å². The zero-order valence-corrected chi connectivity index (χ0v) is 18.8. The first kappa shape index (κ1) is 24.2. The molecule has 2 aliphatic rings. The van der Waals surface area contributed by atoms with E-state index in [1.165, 1.54) is 5.57 Å². The highest BCUT2D eigenvalue weighted by Gasteiger charge is 2.41. The van der Waals surface area contributed by atoms with Crippen molar-refractivity contribution in [3.63, 3.8) is 0 Å². The van der Waals surface area contributed by atoms with Gasteiger partial charge in [-0.15, -0.1) is 12.4 Å². The monoisotopic (exact) mass is 435 g/mol. The van der Waals surface area contributed by atoms with Crippen LogP contribution < -0.4 is 15.4 Å². The molecule has 1 aromatic rings. The molecule has 0 aliphatic carbocycles. The zero-order chi connectivity index (χ0) is 20.6. The second kappa shape index (κ2) is 12.0. The van der Waals surface area contributed by atoms with E-state index in [0.29, 0.717) is 25.9 Å². The third-order valence-electron chi connectivity index (χ3n) is 5.90. The molecule has 30 heavy (non-hydrogen) atoms. The summed E-state index contributed by atoms with van der Waals surface area (Å²) in [4.78, 5) is 27.9. The van der Waals surface area contributed by atoms with Crippen molar-refractivity contribution in [1.82, 2.24) is 15.5 Å². The number of ether oxygens (including phenoxy) is 1. The topological polar surface area (TPSA) is 70.7 Å². The molecule has 2 aliphatic heterocycles. The molecule has 0 radical (unpaired) electrons. The third-order valence-corrected chi connectivity index (χ3v) is 5.90. The van der Waals surface area contributed by atoms with Crippen molar-refractivity contribution in [2.24, 2.45) is 5.92 Å². The molecule has 2 unspecified atom stereocenters. The number of hydrogen-bond acceptors (Lipinski definition) is 4. The highest BCUT2D eigenvalue weighted by Crippen LogP contribution is 2.40. The van der Waals surface area contributed by atoms with Crippen LogP contribution >= 0.6 is 12.4 Å². The number of amides is 2. The minimum Gasteiger partial charge on any atom is -0.496 e. The van der Waals surface area contributed by atoms with Gasteiger partial charge in [-0.3, -0.25) is 9.59 Å². The molecule has 2 heterocycles. The number of unbranched alkanes of at least 4 members (excludes halogenated alkanes) is 1. The second-order valence-electron chi connectivity index (χ2n) is 7.81. The first-order valence-electron chi connectivity index (χ1n) is 10.7. The first-order chi connectivity index (χ1) is 14.2. The molecule has 0 bridgehead atoms. The second-order valence-corrected chi connectivity index (χ2v) is 7.81. The summed E-state index contributed by atoms with van der Waals surface area (Å²) < 4.78 is 5.58. The molecule has 0 aromatic heterocycles. The molecule has 2 N–H and O–H groups in total. The number of methoxy groups -OCH3 is 1. The fourth-order valence-corrected chi connectivity index (χ4v) is 4.28. The lowest BCUT2D eigenvalue weighted by Crippen LogP contribution is -2.48. The van der Waals surface area contributed by atoms with Crippen molar-refractivity contribution in [2.75, 3.05) is 33.3 Å². The molecular weight excluding hydrogens is 402 g/mol. The number of halogens is 1. The minimum atomic E-state index is -0.291. The van der Waals surface area contributed by atoms with Gasteiger partial charge in [-0.05, 0) is 31.9 Å². The number of hydrogen-bond donors (Lipinski definition) is 2. The summed E-state index contributed by atoms with van der Waals surface area (Å²) in [6.45, 7) is 5.17. The number of para-hydroxylation sites is 1. The molecular formula is C23H34ClN3O3. The number of likely N-dealkylation sites (tertiary alicyclic amines) is 1. The van der Waals surface area contributed by atoms with Gasteiger partial charge in [0, 0.05) is 31.6 Å². The molecule has 2 amide bonds. The van der Waals surface area contributed by atoms with E-state index in [4.69, 9.17) is 4.74 Å². The van der Waals surface area contributed by atoms with Crippen molar-refractivity contribution >= 4 is 24.2 Å². The van der Waals surface area contributed by atoms with E-state index in [1.54, 1.807) is 7.11 Å². The van der Waals surface area contributed by atoms with Gasteiger partial charge in [-0.2, -0.15) is 0 Å². The summed E-state index contributed by atoms with van der Waals surface area (Å²) >= 11 is 0. The van der Waals surface area contributed by atoms with Crippen LogP contribution in [-0.2, 0) is 9.59 Å². The molecule has 2 atom stereocenters. The van der Waals surface area contributed by atoms with E-state index in [-0.39, 0.29) is 36.2 Å². The van der Waals surface area contributed by atoms with Crippen LogP contribution in [0.2, 0.25) is 0 Å². The normalized spacial score (nSPS) is 21.5. The number of carbonyl (C=O) groups excluding carboxylic acids is 2. The quantitative estimate of drug-likeness (QED) is 0.615. The van der Waals surface area contributed by atoms with Crippen LogP contribution in [0.15, 0.2) is 35.9 Å². The molecule has 3 rings (SSSR count). The first-order valence-corrected chi connectivity index (χ1v) is 10.7. The summed E-state index contributed by atoms with van der Waals surface area (Å²) in [6.07, 6.45) is 6.02. The van der Waals surface area contributed by atoms with Gasteiger partial charge in [0.1, 0.15) is 5.75 Å². The van der Waals surface area contributed by atoms with Gasteiger partial charge in [-0.25, -0.2) is 0 Å². The predicted molar refractivity (Wildman–Crippen MR) is 121 cm³/mol. The van der Waals surface area contributed by atoms with E-state index in [0.717, 1.165) is 43.7 Å². The number of benzene rings is 1. The Morgan fingerprint density at radius 2 is 2.10 bits per heavy atom. The van der Waals surface area contributed by atoms with Crippen molar-refractivity contribution in [1.29, 1.82) is 0 Å². The number of rotatable bonds is 8. The maximum Gasteiger partial charge on any atom is 0.225 e. The highest BCUT2D eigenvalue weighted by molar-refractivity contribution is 5.86. The largest absolute Gasteiger partial charge is 0.496 e. The fourth-order valence-electron chi connectivity index (χ4n) is 4.28. The van der Waals surface area contributed by atoms with Crippen LogP contribution in [0.25, 0.3) is 0 Å². The Morgan fingerprint density at radius 3 is 2.80 bits per heavy atom. The smallest absolute Gasteiger partial charge is 0.225 e. The van der Waals surface area contributed by atoms with Gasteiger partial charge in [0.25, 0.3) is 0 Å². The van der Waals surface area contributed by atoms with E-state index in [9.17, 15) is 9.59 Å². The Hall–Kier alpha value is -2.05. The van der Waals surface area contributed by atoms with Crippen LogP contribution in [-0.4, -0.2) is 50.0 Å². The lowest BCUT2D eigenvalue weighted by Gasteiger charge is -2.41. The number of nitrogens with zero attached hydrogens (tertiary/aromatic N) is 1. The molecule has 1 saturated heterocycles. The number of nitrogens with one attached hydrogen (secondary N) is 2. The maximum absolute atomic E-state index is 13.2. The van der Waals surface area contributed by atoms with Gasteiger partial charge >= 0.3 is 0 Å². The van der Waals surface area contributed by atoms with Gasteiger partial charge in [0.15, 0.2) is 0 Å². The predicted octanol–water partition coefficient (Wildman–Crippen LogP) is 3.23. The van der Waals surface area contributed by atoms with Crippen LogP contribution in [0.3, 0.4) is 0 Å². The molecule has 166 valence electrons. The van der Waals surface area contributed by atoms with E-state index in [1.807, 2.05) is 29.2 Å². The van der Waals surface area contributed by atoms with Crippen molar-refractivity contribution in [3.8, 4) is 5.75 Å². The van der Waals surface area contributed by atoms with Crippen LogP contribution in [0.4, 0.5) is 0 Å². The lowest BCUT2D eigenvalue weighted by molar-refractivity contribution is -0.143. The summed E-state index contributed by atoms with van der Waals surface area (Å²) in [7, 11) is 1.64. The van der Waals surface area contributed by atoms with Gasteiger partial charge in [0.2, 0.25) is 11.8 Å².